The van der Waals surface area contributed by atoms with Gasteiger partial charge in [-0.05, 0) is 76.3 Å². The maximum atomic E-state index is 13.4. The van der Waals surface area contributed by atoms with E-state index in [1.807, 2.05) is 33.8 Å². The molecule has 0 aliphatic carbocycles. The summed E-state index contributed by atoms with van der Waals surface area (Å²) in [6, 6.07) is 11.6. The third-order valence-electron chi connectivity index (χ3n) is 7.30. The molecule has 212 valence electrons. The van der Waals surface area contributed by atoms with Crippen LogP contribution in [0.5, 0.6) is 5.75 Å². The summed E-state index contributed by atoms with van der Waals surface area (Å²) in [7, 11) is -1.39. The molecule has 4 atom stereocenters. The topological polar surface area (TPSA) is 105 Å². The number of nitrogens with zero attached hydrogens (tertiary/aromatic N) is 1. The highest BCUT2D eigenvalue weighted by atomic mass is 35.5. The van der Waals surface area contributed by atoms with Crippen LogP contribution in [0.1, 0.15) is 67.6 Å². The second kappa shape index (κ2) is 12.4. The number of piperidine rings is 1. The van der Waals surface area contributed by atoms with Gasteiger partial charge in [0.1, 0.15) is 11.9 Å². The van der Waals surface area contributed by atoms with Crippen molar-refractivity contribution in [3.63, 3.8) is 0 Å². The normalized spacial score (nSPS) is 21.9. The summed E-state index contributed by atoms with van der Waals surface area (Å²) in [5.74, 6) is -0.566. The molecule has 10 heteroatoms. The van der Waals surface area contributed by atoms with Crippen molar-refractivity contribution in [3.8, 4) is 5.75 Å². The minimum atomic E-state index is -1.39. The van der Waals surface area contributed by atoms with Crippen LogP contribution in [0.4, 0.5) is 0 Å². The Labute approximate surface area is 237 Å². The zero-order valence-corrected chi connectivity index (χ0v) is 24.4. The second-order valence-corrected chi connectivity index (χ2v) is 13.6. The fourth-order valence-corrected chi connectivity index (χ4v) is 6.05. The van der Waals surface area contributed by atoms with Crippen LogP contribution in [0.3, 0.4) is 0 Å². The number of halogens is 1. The van der Waals surface area contributed by atoms with Crippen molar-refractivity contribution in [1.82, 2.24) is 9.62 Å². The molecule has 0 bridgehead atoms. The number of phenolic OH excluding ortho intramolecular Hbond substituents is 1. The first kappa shape index (κ1) is 29.5. The highest BCUT2D eigenvalue weighted by molar-refractivity contribution is 7.84. The average molecular weight is 577 g/mol. The third kappa shape index (κ3) is 7.01. The maximum Gasteiger partial charge on any atom is 0.338 e. The number of hydrogen-bond acceptors (Lipinski definition) is 6. The van der Waals surface area contributed by atoms with Gasteiger partial charge in [0.25, 0.3) is 5.91 Å². The summed E-state index contributed by atoms with van der Waals surface area (Å²) in [4.78, 5) is 27.7. The highest BCUT2D eigenvalue weighted by Gasteiger charge is 2.41. The number of rotatable bonds is 7. The number of likely N-dealkylation sites (tertiary alicyclic amines) is 1. The first-order valence-corrected chi connectivity index (χ1v) is 14.8. The summed E-state index contributed by atoms with van der Waals surface area (Å²) in [5, 5.41) is 11.3. The van der Waals surface area contributed by atoms with Gasteiger partial charge in [-0.15, -0.1) is 0 Å². The summed E-state index contributed by atoms with van der Waals surface area (Å²) < 4.78 is 27.2. The molecule has 0 spiro atoms. The van der Waals surface area contributed by atoms with Crippen LogP contribution >= 0.6 is 11.6 Å². The second-order valence-electron chi connectivity index (χ2n) is 11.2. The van der Waals surface area contributed by atoms with Gasteiger partial charge in [-0.3, -0.25) is 4.79 Å². The molecule has 2 aliphatic heterocycles. The number of carbonyl (C=O) groups is 2. The molecule has 2 unspecified atom stereocenters. The van der Waals surface area contributed by atoms with Crippen LogP contribution in [0.15, 0.2) is 42.5 Å². The summed E-state index contributed by atoms with van der Waals surface area (Å²) in [6.07, 6.45) is 0.228. The Morgan fingerprint density at radius 2 is 1.82 bits per heavy atom. The Morgan fingerprint density at radius 1 is 1.15 bits per heavy atom. The molecule has 1 amide bonds. The number of carbonyl (C=O) groups excluding carboxylic acids is 2. The number of esters is 1. The number of hydrogen-bond donors (Lipinski definition) is 2. The number of aromatic hydroxyl groups is 1. The van der Waals surface area contributed by atoms with E-state index in [1.165, 1.54) is 0 Å². The molecule has 2 aromatic carbocycles. The van der Waals surface area contributed by atoms with Crippen LogP contribution in [0, 0.1) is 12.8 Å². The van der Waals surface area contributed by atoms with E-state index in [1.54, 1.807) is 41.3 Å². The minimum absolute atomic E-state index is 0.00113. The fourth-order valence-electron chi connectivity index (χ4n) is 4.97. The molecule has 2 fully saturated rings. The molecule has 4 rings (SSSR count). The van der Waals surface area contributed by atoms with Crippen molar-refractivity contribution in [2.24, 2.45) is 5.92 Å². The standard InChI is InChI=1S/C29H37ClN2O6S/c1-18-16-23(33)21(17-22(18)30)25(31-39(36)29(2,3)4)19-10-13-32(14-11-19)27(34)26-24(12-15-37-26)38-28(35)20-8-6-5-7-9-20/h5-9,16-17,19,24-26,31,33H,10-15H2,1-4H3/t24?,25?,26-,39+/m1/s1. The summed E-state index contributed by atoms with van der Waals surface area (Å²) in [6.45, 7) is 8.75. The lowest BCUT2D eigenvalue weighted by Crippen LogP contribution is -2.49. The summed E-state index contributed by atoms with van der Waals surface area (Å²) in [5.41, 5.74) is 1.79. The van der Waals surface area contributed by atoms with Crippen molar-refractivity contribution in [2.45, 2.75) is 70.0 Å². The maximum absolute atomic E-state index is 13.4. The Hall–Kier alpha value is -2.46. The quantitative estimate of drug-likeness (QED) is 0.463. The Bertz CT molecular complexity index is 1210. The van der Waals surface area contributed by atoms with E-state index in [0.717, 1.165) is 5.56 Å². The van der Waals surface area contributed by atoms with Crippen molar-refractivity contribution in [2.75, 3.05) is 19.7 Å². The lowest BCUT2D eigenvalue weighted by molar-refractivity contribution is -0.146. The van der Waals surface area contributed by atoms with Crippen LogP contribution in [-0.2, 0) is 25.3 Å². The number of amides is 1. The van der Waals surface area contributed by atoms with Crippen molar-refractivity contribution < 1.29 is 28.4 Å². The lowest BCUT2D eigenvalue weighted by Gasteiger charge is -2.38. The highest BCUT2D eigenvalue weighted by Crippen LogP contribution is 2.39. The van der Waals surface area contributed by atoms with E-state index in [0.29, 0.717) is 55.1 Å². The molecule has 2 heterocycles. The Morgan fingerprint density at radius 3 is 2.46 bits per heavy atom. The number of aryl methyl sites for hydroxylation is 1. The van der Waals surface area contributed by atoms with Crippen molar-refractivity contribution >= 4 is 34.5 Å². The number of ether oxygens (including phenoxy) is 2. The SMILES string of the molecule is Cc1cc(O)c(C(N[S@@](=O)C(C)(C)C)C2CCN(C(=O)[C@@H]3OCCC3OC(=O)c3ccccc3)CC2)cc1Cl. The van der Waals surface area contributed by atoms with Gasteiger partial charge in [-0.2, -0.15) is 0 Å². The van der Waals surface area contributed by atoms with Crippen molar-refractivity contribution in [1.29, 1.82) is 0 Å². The van der Waals surface area contributed by atoms with Gasteiger partial charge in [0, 0.05) is 30.1 Å². The van der Waals surface area contributed by atoms with E-state index in [2.05, 4.69) is 4.72 Å². The third-order valence-corrected chi connectivity index (χ3v) is 9.29. The van der Waals surface area contributed by atoms with Gasteiger partial charge in [-0.25, -0.2) is 13.7 Å². The molecule has 8 nitrogen and oxygen atoms in total. The predicted octanol–water partition coefficient (Wildman–Crippen LogP) is 4.70. The average Bonchev–Trinajstić information content (AvgIpc) is 3.37. The van der Waals surface area contributed by atoms with Gasteiger partial charge in [0.2, 0.25) is 0 Å². The molecule has 0 radical (unpaired) electrons. The Balaban J connectivity index is 1.44. The molecule has 2 aromatic rings. The summed E-state index contributed by atoms with van der Waals surface area (Å²) >= 11 is 6.40. The van der Waals surface area contributed by atoms with Gasteiger partial charge >= 0.3 is 5.97 Å². The van der Waals surface area contributed by atoms with Gasteiger partial charge in [-0.1, -0.05) is 29.8 Å². The molecule has 2 saturated heterocycles. The minimum Gasteiger partial charge on any atom is -0.508 e. The number of benzene rings is 2. The first-order valence-electron chi connectivity index (χ1n) is 13.3. The molecule has 2 N–H and O–H groups in total. The fraction of sp³-hybridized carbons (Fsp3) is 0.517. The molecular formula is C29H37ClN2O6S. The smallest absolute Gasteiger partial charge is 0.338 e. The molecule has 39 heavy (non-hydrogen) atoms. The predicted molar refractivity (Wildman–Crippen MR) is 151 cm³/mol. The zero-order valence-electron chi connectivity index (χ0n) is 22.8. The molecule has 0 aromatic heterocycles. The van der Waals surface area contributed by atoms with Gasteiger partial charge in [0.15, 0.2) is 6.10 Å². The zero-order chi connectivity index (χ0) is 28.3. The van der Waals surface area contributed by atoms with Crippen LogP contribution < -0.4 is 4.72 Å². The van der Waals surface area contributed by atoms with E-state index in [9.17, 15) is 18.9 Å². The van der Waals surface area contributed by atoms with Crippen LogP contribution in [-0.4, -0.2) is 62.7 Å². The largest absolute Gasteiger partial charge is 0.508 e. The van der Waals surface area contributed by atoms with E-state index in [4.69, 9.17) is 21.1 Å². The van der Waals surface area contributed by atoms with Crippen molar-refractivity contribution in [3.05, 3.63) is 64.2 Å². The monoisotopic (exact) mass is 576 g/mol. The van der Waals surface area contributed by atoms with Crippen LogP contribution in [0.2, 0.25) is 5.02 Å². The van der Waals surface area contributed by atoms with Crippen LogP contribution in [0.25, 0.3) is 0 Å². The first-order chi connectivity index (χ1) is 18.5. The van der Waals surface area contributed by atoms with E-state index in [-0.39, 0.29) is 17.6 Å². The van der Waals surface area contributed by atoms with E-state index < -0.39 is 40.0 Å². The number of phenols is 1. The lowest BCUT2D eigenvalue weighted by atomic mass is 9.85. The number of nitrogens with one attached hydrogen (secondary N) is 1. The van der Waals surface area contributed by atoms with Gasteiger partial charge in [0.05, 0.1) is 33.9 Å². The van der Waals surface area contributed by atoms with Gasteiger partial charge < -0.3 is 19.5 Å². The molecule has 2 aliphatic rings. The van der Waals surface area contributed by atoms with E-state index >= 15 is 0 Å². The Kier molecular flexibility index (Phi) is 9.37. The molecule has 0 saturated carbocycles. The molecular weight excluding hydrogens is 540 g/mol.